The molecule has 0 amide bonds. The van der Waals surface area contributed by atoms with E-state index < -0.39 is 66.9 Å². The molecule has 0 aliphatic heterocycles. The largest absolute Gasteiger partial charge is 0.493 e. The van der Waals surface area contributed by atoms with Crippen molar-refractivity contribution in [3.8, 4) is 22.9 Å². The van der Waals surface area contributed by atoms with Gasteiger partial charge in [-0.1, -0.05) is 26.0 Å². The van der Waals surface area contributed by atoms with Crippen LogP contribution in [0.3, 0.4) is 0 Å². The normalized spacial score (nSPS) is 12.6. The summed E-state index contributed by atoms with van der Waals surface area (Å²) in [6.07, 6.45) is 0.825. The monoisotopic (exact) mass is 704 g/mol. The van der Waals surface area contributed by atoms with Crippen LogP contribution in [0.1, 0.15) is 26.7 Å². The highest BCUT2D eigenvalue weighted by molar-refractivity contribution is 7.89. The van der Waals surface area contributed by atoms with Crippen molar-refractivity contribution in [2.24, 2.45) is 20.5 Å². The molecule has 48 heavy (non-hydrogen) atoms. The molecule has 2 aromatic heterocycles. The number of aromatic nitrogens is 4. The van der Waals surface area contributed by atoms with Crippen LogP contribution in [-0.4, -0.2) is 60.4 Å². The second-order valence-electron chi connectivity index (χ2n) is 9.72. The smallest absolute Gasteiger partial charge is 0.328 e. The molecule has 1 atom stereocenters. The van der Waals surface area contributed by atoms with Crippen LogP contribution in [0.4, 0.5) is 28.4 Å². The lowest BCUT2D eigenvalue weighted by atomic mass is 10.0. The third-order valence-corrected chi connectivity index (χ3v) is 8.54. The SMILES string of the molecule is CCCNS(=O)(=O)c1cc(N=Nc2c(O)[nH]c(=O)[nH]c2=O)ccc1-c1ccc(N=Nc2c(O)[nH]c(=O)[nH]c2=O)cc1N(CCC)S(=O)O. The van der Waals surface area contributed by atoms with E-state index in [-0.39, 0.29) is 46.2 Å². The summed E-state index contributed by atoms with van der Waals surface area (Å²) in [5.74, 6) is -1.71. The standard InChI is InChI=1S/C26H28N10O10S2/c1-3-9-27-48(45,46)18-12-14(33-35-20-23(39)30-26(42)31-24(20)40)6-8-16(18)15-7-5-13(11-17(15)36(10-4-2)47(43)44)32-34-19-21(37)28-25(41)29-22(19)38/h5-8,11-12,27H,3-4,9-10H2,1-2H3,(H,43,44)(H3,28,29,37,38,41)(H3,30,31,39,40,42). The summed E-state index contributed by atoms with van der Waals surface area (Å²) in [7, 11) is -4.28. The average molecular weight is 705 g/mol. The van der Waals surface area contributed by atoms with E-state index in [1.54, 1.807) is 13.8 Å². The zero-order valence-corrected chi connectivity index (χ0v) is 26.7. The molecule has 0 radical (unpaired) electrons. The third kappa shape index (κ3) is 8.03. The zero-order chi connectivity index (χ0) is 35.2. The number of hydrogen-bond donors (Lipinski definition) is 8. The predicted octanol–water partition coefficient (Wildman–Crippen LogP) is 2.39. The Morgan fingerprint density at radius 2 is 1.29 bits per heavy atom. The molecule has 0 saturated heterocycles. The molecule has 20 nitrogen and oxygen atoms in total. The molecule has 1 unspecified atom stereocenters. The first-order chi connectivity index (χ1) is 22.7. The molecular weight excluding hydrogens is 676 g/mol. The van der Waals surface area contributed by atoms with Crippen LogP contribution in [-0.2, 0) is 21.3 Å². The molecule has 0 saturated carbocycles. The molecular formula is C26H28N10O10S2. The van der Waals surface area contributed by atoms with Crippen LogP contribution >= 0.6 is 0 Å². The van der Waals surface area contributed by atoms with Gasteiger partial charge in [-0.25, -0.2) is 26.9 Å². The lowest BCUT2D eigenvalue weighted by Crippen LogP contribution is -2.27. The van der Waals surface area contributed by atoms with Crippen LogP contribution in [0, 0.1) is 0 Å². The Hall–Kier alpha value is -5.58. The Morgan fingerprint density at radius 3 is 1.77 bits per heavy atom. The minimum absolute atomic E-state index is 0.00942. The van der Waals surface area contributed by atoms with Crippen LogP contribution < -0.4 is 31.5 Å². The predicted molar refractivity (Wildman–Crippen MR) is 173 cm³/mol. The van der Waals surface area contributed by atoms with Crippen molar-refractivity contribution in [1.29, 1.82) is 0 Å². The van der Waals surface area contributed by atoms with E-state index >= 15 is 0 Å². The van der Waals surface area contributed by atoms with Crippen LogP contribution in [0.15, 0.2) is 80.9 Å². The van der Waals surface area contributed by atoms with Crippen LogP contribution in [0.2, 0.25) is 0 Å². The van der Waals surface area contributed by atoms with Gasteiger partial charge in [-0.3, -0.25) is 38.4 Å². The average Bonchev–Trinajstić information content (AvgIpc) is 3.01. The highest BCUT2D eigenvalue weighted by Gasteiger charge is 2.25. The highest BCUT2D eigenvalue weighted by Crippen LogP contribution is 2.40. The first kappa shape index (κ1) is 35.3. The first-order valence-corrected chi connectivity index (χ1v) is 16.4. The van der Waals surface area contributed by atoms with Gasteiger partial charge in [-0.15, -0.1) is 10.2 Å². The van der Waals surface area contributed by atoms with Gasteiger partial charge >= 0.3 is 11.4 Å². The lowest BCUT2D eigenvalue weighted by Gasteiger charge is -2.24. The minimum Gasteiger partial charge on any atom is -0.493 e. The maximum Gasteiger partial charge on any atom is 0.328 e. The number of nitrogens with zero attached hydrogens (tertiary/aromatic N) is 5. The number of azo groups is 2. The Bertz CT molecular complexity index is 2280. The van der Waals surface area contributed by atoms with Gasteiger partial charge in [-0.05, 0) is 37.1 Å². The maximum atomic E-state index is 13.6. The van der Waals surface area contributed by atoms with E-state index in [1.165, 1.54) is 30.3 Å². The Labute approximate surface area is 271 Å². The maximum absolute atomic E-state index is 13.6. The van der Waals surface area contributed by atoms with E-state index in [0.29, 0.717) is 12.8 Å². The molecule has 0 bridgehead atoms. The Balaban J connectivity index is 1.92. The molecule has 254 valence electrons. The number of nitrogens with one attached hydrogen (secondary N) is 5. The fourth-order valence-electron chi connectivity index (χ4n) is 4.17. The summed E-state index contributed by atoms with van der Waals surface area (Å²) in [5.41, 5.74) is -5.17. The summed E-state index contributed by atoms with van der Waals surface area (Å²) >= 11 is -2.62. The van der Waals surface area contributed by atoms with Crippen molar-refractivity contribution in [3.63, 3.8) is 0 Å². The molecule has 2 heterocycles. The molecule has 0 aliphatic rings. The molecule has 0 fully saturated rings. The molecule has 4 aromatic rings. The quantitative estimate of drug-likeness (QED) is 0.0742. The summed E-state index contributed by atoms with van der Waals surface area (Å²) in [6, 6.07) is 7.85. The van der Waals surface area contributed by atoms with Crippen molar-refractivity contribution in [2.45, 2.75) is 31.6 Å². The Kier molecular flexibility index (Phi) is 10.9. The van der Waals surface area contributed by atoms with Crippen molar-refractivity contribution >= 4 is 49.7 Å². The number of hydrogen-bond acceptors (Lipinski definition) is 13. The number of anilines is 1. The van der Waals surface area contributed by atoms with E-state index in [1.807, 2.05) is 19.9 Å². The van der Waals surface area contributed by atoms with Gasteiger partial charge in [0.1, 0.15) is 0 Å². The van der Waals surface area contributed by atoms with E-state index in [9.17, 15) is 46.6 Å². The van der Waals surface area contributed by atoms with Gasteiger partial charge in [0, 0.05) is 24.2 Å². The molecule has 22 heteroatoms. The fraction of sp³-hybridized carbons (Fsp3) is 0.231. The van der Waals surface area contributed by atoms with Gasteiger partial charge in [-0.2, -0.15) is 10.2 Å². The summed E-state index contributed by atoms with van der Waals surface area (Å²) in [4.78, 5) is 54.2. The Morgan fingerprint density at radius 1 is 0.771 bits per heavy atom. The van der Waals surface area contributed by atoms with E-state index in [2.05, 4.69) is 25.2 Å². The van der Waals surface area contributed by atoms with Crippen LogP contribution in [0.5, 0.6) is 11.8 Å². The minimum atomic E-state index is -4.28. The molecule has 4 rings (SSSR count). The number of aromatic amines is 4. The molecule has 2 aromatic carbocycles. The number of benzene rings is 2. The van der Waals surface area contributed by atoms with Gasteiger partial charge in [0.25, 0.3) is 22.4 Å². The summed E-state index contributed by atoms with van der Waals surface area (Å²) < 4.78 is 53.3. The number of rotatable bonds is 13. The van der Waals surface area contributed by atoms with Crippen LogP contribution in [0.25, 0.3) is 11.1 Å². The van der Waals surface area contributed by atoms with Gasteiger partial charge in [0.05, 0.1) is 22.0 Å². The highest BCUT2D eigenvalue weighted by atomic mass is 32.2. The fourth-order valence-corrected chi connectivity index (χ4v) is 6.20. The van der Waals surface area contributed by atoms with Crippen molar-refractivity contribution < 1.29 is 27.4 Å². The number of sulfonamides is 1. The number of H-pyrrole nitrogens is 4. The summed E-state index contributed by atoms with van der Waals surface area (Å²) in [5, 5.41) is 34.9. The lowest BCUT2D eigenvalue weighted by molar-refractivity contribution is 0.449. The second-order valence-corrected chi connectivity index (χ2v) is 12.4. The summed E-state index contributed by atoms with van der Waals surface area (Å²) in [6.45, 7) is 3.56. The van der Waals surface area contributed by atoms with Crippen molar-refractivity contribution in [3.05, 3.63) is 78.1 Å². The molecule has 0 aliphatic carbocycles. The van der Waals surface area contributed by atoms with Gasteiger partial charge < -0.3 is 10.2 Å². The van der Waals surface area contributed by atoms with Gasteiger partial charge in [0.15, 0.2) is 0 Å². The molecule has 0 spiro atoms. The van der Waals surface area contributed by atoms with E-state index in [0.717, 1.165) is 10.4 Å². The van der Waals surface area contributed by atoms with E-state index in [4.69, 9.17) is 0 Å². The van der Waals surface area contributed by atoms with Gasteiger partial charge in [0.2, 0.25) is 33.2 Å². The zero-order valence-electron chi connectivity index (χ0n) is 25.0. The molecule has 8 N–H and O–H groups in total. The second kappa shape index (κ2) is 14.9. The topological polar surface area (TPSA) is 308 Å². The third-order valence-electron chi connectivity index (χ3n) is 6.28. The number of aromatic hydroxyl groups is 2. The van der Waals surface area contributed by atoms with Crippen molar-refractivity contribution in [2.75, 3.05) is 17.4 Å². The van der Waals surface area contributed by atoms with Crippen molar-refractivity contribution in [1.82, 2.24) is 24.7 Å². The first-order valence-electron chi connectivity index (χ1n) is 13.9.